The monoisotopic (exact) mass is 310 g/mol. The molecule has 0 fully saturated rings. The topological polar surface area (TPSA) is 53.2 Å². The van der Waals surface area contributed by atoms with Crippen LogP contribution in [0.2, 0.25) is 0 Å². The molecule has 1 aromatic heterocycles. The van der Waals surface area contributed by atoms with E-state index in [-0.39, 0.29) is 18.6 Å². The number of nitrogens with zero attached hydrogens (tertiary/aromatic N) is 1. The van der Waals surface area contributed by atoms with Gasteiger partial charge in [-0.15, -0.1) is 0 Å². The molecule has 1 aliphatic rings. The molecule has 0 unspecified atom stereocenters. The van der Waals surface area contributed by atoms with E-state index >= 15 is 0 Å². The number of hydrogen-bond acceptors (Lipinski definition) is 2. The van der Waals surface area contributed by atoms with Gasteiger partial charge in [0.05, 0.1) is 0 Å². The molecule has 0 atom stereocenters. The van der Waals surface area contributed by atoms with Crippen LogP contribution in [0.5, 0.6) is 0 Å². The standard InChI is InChI=1S/C15H13F3N2O2/c16-15(17,18)14(22)20-5-3-9-7-11-1-2-13(21)19-12(11)8-10(9)4-6-20/h1-2,7-8H,3-6H2,(H,19,21). The van der Waals surface area contributed by atoms with Crippen LogP contribution in [0.15, 0.2) is 29.1 Å². The van der Waals surface area contributed by atoms with Gasteiger partial charge in [0.1, 0.15) is 0 Å². The normalized spacial score (nSPS) is 15.5. The first-order valence-electron chi connectivity index (χ1n) is 6.85. The molecular formula is C15H13F3N2O2. The highest BCUT2D eigenvalue weighted by Crippen LogP contribution is 2.24. The second-order valence-corrected chi connectivity index (χ2v) is 5.32. The maximum Gasteiger partial charge on any atom is 0.471 e. The fourth-order valence-corrected chi connectivity index (χ4v) is 2.76. The van der Waals surface area contributed by atoms with Crippen LogP contribution in [0.25, 0.3) is 10.9 Å². The minimum Gasteiger partial charge on any atom is -0.334 e. The van der Waals surface area contributed by atoms with Crippen LogP contribution < -0.4 is 5.56 Å². The number of aromatic nitrogens is 1. The molecule has 1 amide bonds. The number of pyridine rings is 1. The second kappa shape index (κ2) is 5.15. The number of nitrogens with one attached hydrogen (secondary N) is 1. The Morgan fingerprint density at radius 2 is 1.73 bits per heavy atom. The maximum atomic E-state index is 12.5. The Labute approximate surface area is 123 Å². The molecular weight excluding hydrogens is 297 g/mol. The zero-order valence-electron chi connectivity index (χ0n) is 11.5. The molecule has 0 spiro atoms. The lowest BCUT2D eigenvalue weighted by Gasteiger charge is -2.21. The van der Waals surface area contributed by atoms with Gasteiger partial charge in [-0.25, -0.2) is 0 Å². The number of rotatable bonds is 0. The average molecular weight is 310 g/mol. The van der Waals surface area contributed by atoms with Crippen LogP contribution in [0.1, 0.15) is 11.1 Å². The summed E-state index contributed by atoms with van der Waals surface area (Å²) in [6.07, 6.45) is -4.14. The lowest BCUT2D eigenvalue weighted by Crippen LogP contribution is -2.42. The summed E-state index contributed by atoms with van der Waals surface area (Å²) in [5, 5.41) is 0.828. The van der Waals surface area contributed by atoms with Crippen LogP contribution in [0.3, 0.4) is 0 Å². The Hall–Kier alpha value is -2.31. The molecule has 1 N–H and O–H groups in total. The van der Waals surface area contributed by atoms with Crippen molar-refractivity contribution in [1.29, 1.82) is 0 Å². The number of hydrogen-bond donors (Lipinski definition) is 1. The molecule has 2 heterocycles. The number of halogens is 3. The molecule has 3 rings (SSSR count). The van der Waals surface area contributed by atoms with Crippen molar-refractivity contribution in [1.82, 2.24) is 9.88 Å². The predicted molar refractivity (Wildman–Crippen MR) is 74.6 cm³/mol. The minimum absolute atomic E-state index is 0.0217. The van der Waals surface area contributed by atoms with Crippen LogP contribution in [-0.4, -0.2) is 35.1 Å². The van der Waals surface area contributed by atoms with Crippen molar-refractivity contribution in [3.8, 4) is 0 Å². The van der Waals surface area contributed by atoms with E-state index in [0.29, 0.717) is 18.4 Å². The summed E-state index contributed by atoms with van der Waals surface area (Å²) in [6.45, 7) is 0.0636. The molecule has 0 saturated heterocycles. The van der Waals surface area contributed by atoms with E-state index in [0.717, 1.165) is 21.4 Å². The molecule has 116 valence electrons. The summed E-state index contributed by atoms with van der Waals surface area (Å²) in [5.74, 6) is -1.79. The summed E-state index contributed by atoms with van der Waals surface area (Å²) in [5.41, 5.74) is 2.21. The minimum atomic E-state index is -4.84. The molecule has 7 heteroatoms. The number of fused-ring (bicyclic) bond motifs is 2. The van der Waals surface area contributed by atoms with Crippen molar-refractivity contribution in [2.75, 3.05) is 13.1 Å². The Balaban J connectivity index is 1.92. The molecule has 22 heavy (non-hydrogen) atoms. The van der Waals surface area contributed by atoms with Crippen molar-refractivity contribution in [2.45, 2.75) is 19.0 Å². The number of amides is 1. The summed E-state index contributed by atoms with van der Waals surface area (Å²) in [7, 11) is 0. The van der Waals surface area contributed by atoms with Gasteiger partial charge in [-0.3, -0.25) is 9.59 Å². The van der Waals surface area contributed by atoms with Gasteiger partial charge in [0.2, 0.25) is 5.56 Å². The zero-order valence-corrected chi connectivity index (χ0v) is 11.5. The Kier molecular flexibility index (Phi) is 3.42. The fourth-order valence-electron chi connectivity index (χ4n) is 2.76. The largest absolute Gasteiger partial charge is 0.471 e. The molecule has 1 aliphatic heterocycles. The lowest BCUT2D eigenvalue weighted by atomic mass is 10.0. The second-order valence-electron chi connectivity index (χ2n) is 5.32. The van der Waals surface area contributed by atoms with Crippen molar-refractivity contribution in [3.05, 3.63) is 45.7 Å². The van der Waals surface area contributed by atoms with Crippen LogP contribution >= 0.6 is 0 Å². The number of H-pyrrole nitrogens is 1. The Morgan fingerprint density at radius 1 is 1.09 bits per heavy atom. The third-order valence-electron chi connectivity index (χ3n) is 3.88. The Bertz CT molecular complexity index is 795. The fraction of sp³-hybridized carbons (Fsp3) is 0.333. The van der Waals surface area contributed by atoms with Gasteiger partial charge in [0.25, 0.3) is 0 Å². The quantitative estimate of drug-likeness (QED) is 0.809. The molecule has 2 aromatic rings. The first-order valence-corrected chi connectivity index (χ1v) is 6.85. The summed E-state index contributed by atoms with van der Waals surface area (Å²) in [6, 6.07) is 6.73. The summed E-state index contributed by atoms with van der Waals surface area (Å²) in [4.78, 5) is 26.2. The van der Waals surface area contributed by atoms with Gasteiger partial charge in [-0.2, -0.15) is 13.2 Å². The van der Waals surface area contributed by atoms with Crippen LogP contribution in [-0.2, 0) is 17.6 Å². The van der Waals surface area contributed by atoms with E-state index in [1.54, 1.807) is 12.1 Å². The maximum absolute atomic E-state index is 12.5. The van der Waals surface area contributed by atoms with Crippen molar-refractivity contribution < 1.29 is 18.0 Å². The molecule has 1 aromatic carbocycles. The highest BCUT2D eigenvalue weighted by molar-refractivity contribution is 5.82. The van der Waals surface area contributed by atoms with Gasteiger partial charge in [0, 0.05) is 24.7 Å². The van der Waals surface area contributed by atoms with Gasteiger partial charge < -0.3 is 9.88 Å². The molecule has 4 nitrogen and oxygen atoms in total. The van der Waals surface area contributed by atoms with Gasteiger partial charge in [-0.1, -0.05) is 0 Å². The van der Waals surface area contributed by atoms with Crippen molar-refractivity contribution >= 4 is 16.8 Å². The number of benzene rings is 1. The third kappa shape index (κ3) is 2.70. The average Bonchev–Trinajstić information content (AvgIpc) is 2.65. The lowest BCUT2D eigenvalue weighted by molar-refractivity contribution is -0.185. The third-order valence-corrected chi connectivity index (χ3v) is 3.88. The number of carbonyl (C=O) groups excluding carboxylic acids is 1. The summed E-state index contributed by atoms with van der Waals surface area (Å²) >= 11 is 0. The molecule has 0 bridgehead atoms. The summed E-state index contributed by atoms with van der Waals surface area (Å²) < 4.78 is 37.6. The first-order chi connectivity index (χ1) is 10.3. The number of carbonyl (C=O) groups is 1. The van der Waals surface area contributed by atoms with E-state index in [2.05, 4.69) is 4.98 Å². The van der Waals surface area contributed by atoms with E-state index in [1.807, 2.05) is 6.07 Å². The highest BCUT2D eigenvalue weighted by atomic mass is 19.4. The SMILES string of the molecule is O=C(N1CCc2cc3ccc(=O)[nH]c3cc2CC1)C(F)(F)F. The molecule has 0 aliphatic carbocycles. The van der Waals surface area contributed by atoms with E-state index in [1.165, 1.54) is 6.07 Å². The van der Waals surface area contributed by atoms with E-state index in [9.17, 15) is 22.8 Å². The van der Waals surface area contributed by atoms with Crippen molar-refractivity contribution in [3.63, 3.8) is 0 Å². The number of aromatic amines is 1. The van der Waals surface area contributed by atoms with E-state index in [4.69, 9.17) is 0 Å². The number of alkyl halides is 3. The van der Waals surface area contributed by atoms with Gasteiger partial charge >= 0.3 is 12.1 Å². The first kappa shape index (κ1) is 14.6. The zero-order chi connectivity index (χ0) is 15.9. The van der Waals surface area contributed by atoms with E-state index < -0.39 is 12.1 Å². The van der Waals surface area contributed by atoms with Gasteiger partial charge in [-0.05, 0) is 47.6 Å². The highest BCUT2D eigenvalue weighted by Gasteiger charge is 2.42. The van der Waals surface area contributed by atoms with Crippen molar-refractivity contribution in [2.24, 2.45) is 0 Å². The molecule has 0 radical (unpaired) electrons. The van der Waals surface area contributed by atoms with Crippen LogP contribution in [0, 0.1) is 0 Å². The van der Waals surface area contributed by atoms with Crippen LogP contribution in [0.4, 0.5) is 13.2 Å². The Morgan fingerprint density at radius 3 is 2.36 bits per heavy atom. The smallest absolute Gasteiger partial charge is 0.334 e. The van der Waals surface area contributed by atoms with Gasteiger partial charge in [0.15, 0.2) is 0 Å². The molecule has 0 saturated carbocycles. The predicted octanol–water partition coefficient (Wildman–Crippen LogP) is 2.02.